The van der Waals surface area contributed by atoms with Crippen LogP contribution in [0.15, 0.2) is 53.7 Å². The summed E-state index contributed by atoms with van der Waals surface area (Å²) in [4.78, 5) is 13.5. The molecule has 1 saturated carbocycles. The average molecular weight is 454 g/mol. The molecule has 2 aliphatic rings. The Morgan fingerprint density at radius 2 is 1.94 bits per heavy atom. The number of amides is 1. The molecule has 0 bridgehead atoms. The van der Waals surface area contributed by atoms with Gasteiger partial charge in [0.2, 0.25) is 11.1 Å². The molecule has 0 radical (unpaired) electrons. The highest BCUT2D eigenvalue weighted by Crippen LogP contribution is 2.44. The Kier molecular flexibility index (Phi) is 5.40. The lowest BCUT2D eigenvalue weighted by molar-refractivity contribution is -0.117. The molecule has 1 fully saturated rings. The van der Waals surface area contributed by atoms with Crippen LogP contribution in [0.1, 0.15) is 37.7 Å². The number of anilines is 1. The van der Waals surface area contributed by atoms with Crippen LogP contribution in [0.4, 0.5) is 5.69 Å². The van der Waals surface area contributed by atoms with E-state index in [-0.39, 0.29) is 16.7 Å². The third-order valence-corrected chi connectivity index (χ3v) is 7.78. The molecular weight excluding hydrogens is 430 g/mol. The van der Waals surface area contributed by atoms with E-state index in [0.29, 0.717) is 10.2 Å². The zero-order valence-electron chi connectivity index (χ0n) is 17.3. The molecule has 3 aromatic rings. The van der Waals surface area contributed by atoms with Crippen LogP contribution in [-0.2, 0) is 4.79 Å². The molecule has 160 valence electrons. The quantitative estimate of drug-likeness (QED) is 0.565. The van der Waals surface area contributed by atoms with E-state index in [0.717, 1.165) is 48.3 Å². The van der Waals surface area contributed by atoms with Gasteiger partial charge in [-0.25, -0.2) is 4.68 Å². The van der Waals surface area contributed by atoms with Crippen molar-refractivity contribution >= 4 is 35.0 Å². The standard InChI is InChI=1S/C23H24ClN5OS/c1-15-10-11-17(24)14-18(15)25-21(30)19-23(12-6-3-7-13-23)28-29-20(26-27-22(29)31-19)16-8-4-2-5-9-16/h2,4-5,8-11,14,19,28H,3,6-7,12-13H2,1H3,(H,25,30)/t19-/m0/s1. The van der Waals surface area contributed by atoms with Crippen molar-refractivity contribution < 1.29 is 4.79 Å². The third-order valence-electron chi connectivity index (χ3n) is 6.17. The van der Waals surface area contributed by atoms with Crippen LogP contribution in [0, 0.1) is 6.92 Å². The Morgan fingerprint density at radius 3 is 2.71 bits per heavy atom. The Morgan fingerprint density at radius 1 is 1.16 bits per heavy atom. The van der Waals surface area contributed by atoms with Gasteiger partial charge in [0, 0.05) is 16.3 Å². The van der Waals surface area contributed by atoms with Crippen LogP contribution < -0.4 is 10.7 Å². The Labute approximate surface area is 190 Å². The van der Waals surface area contributed by atoms with Gasteiger partial charge < -0.3 is 10.7 Å². The highest BCUT2D eigenvalue weighted by Gasteiger charge is 2.49. The zero-order chi connectivity index (χ0) is 21.4. The van der Waals surface area contributed by atoms with Crippen LogP contribution >= 0.6 is 23.4 Å². The first-order valence-corrected chi connectivity index (χ1v) is 11.8. The number of nitrogens with one attached hydrogen (secondary N) is 2. The molecule has 2 aromatic carbocycles. The van der Waals surface area contributed by atoms with Crippen molar-refractivity contribution in [2.75, 3.05) is 10.7 Å². The third kappa shape index (κ3) is 3.81. The van der Waals surface area contributed by atoms with Gasteiger partial charge in [-0.1, -0.05) is 79.0 Å². The molecule has 0 saturated heterocycles. The Bertz CT molecular complexity index is 1110. The lowest BCUT2D eigenvalue weighted by Crippen LogP contribution is -2.59. The fourth-order valence-corrected chi connectivity index (χ4v) is 5.90. The number of benzene rings is 2. The minimum Gasteiger partial charge on any atom is -0.325 e. The number of carbonyl (C=O) groups is 1. The van der Waals surface area contributed by atoms with E-state index in [4.69, 9.17) is 11.6 Å². The normalized spacial score (nSPS) is 19.5. The molecule has 1 atom stereocenters. The second kappa shape index (κ2) is 8.20. The summed E-state index contributed by atoms with van der Waals surface area (Å²) in [7, 11) is 0. The summed E-state index contributed by atoms with van der Waals surface area (Å²) in [5, 5.41) is 12.9. The topological polar surface area (TPSA) is 71.8 Å². The predicted octanol–water partition coefficient (Wildman–Crippen LogP) is 5.27. The lowest BCUT2D eigenvalue weighted by Gasteiger charge is -2.46. The number of thioether (sulfide) groups is 1. The molecule has 31 heavy (non-hydrogen) atoms. The molecule has 1 aliphatic carbocycles. The van der Waals surface area contributed by atoms with E-state index < -0.39 is 0 Å². The highest BCUT2D eigenvalue weighted by molar-refractivity contribution is 8.00. The van der Waals surface area contributed by atoms with E-state index in [1.165, 1.54) is 18.2 Å². The van der Waals surface area contributed by atoms with Gasteiger partial charge in [0.25, 0.3) is 0 Å². The maximum Gasteiger partial charge on any atom is 0.240 e. The summed E-state index contributed by atoms with van der Waals surface area (Å²) in [6.07, 6.45) is 5.23. The van der Waals surface area contributed by atoms with E-state index in [9.17, 15) is 4.79 Å². The SMILES string of the molecule is Cc1ccc(Cl)cc1NC(=O)[C@@H]1Sc2nnc(-c3ccccc3)n2NC12CCCCC2. The molecule has 6 nitrogen and oxygen atoms in total. The minimum atomic E-state index is -0.349. The number of fused-ring (bicyclic) bond motifs is 1. The van der Waals surface area contributed by atoms with Gasteiger partial charge in [0.1, 0.15) is 5.25 Å². The summed E-state index contributed by atoms with van der Waals surface area (Å²) < 4.78 is 1.97. The largest absolute Gasteiger partial charge is 0.325 e. The zero-order valence-corrected chi connectivity index (χ0v) is 18.8. The molecule has 0 unspecified atom stereocenters. The van der Waals surface area contributed by atoms with Gasteiger partial charge in [-0.3, -0.25) is 4.79 Å². The summed E-state index contributed by atoms with van der Waals surface area (Å²) in [6.45, 7) is 1.97. The van der Waals surface area contributed by atoms with Crippen molar-refractivity contribution in [1.29, 1.82) is 0 Å². The van der Waals surface area contributed by atoms with Gasteiger partial charge in [-0.15, -0.1) is 10.2 Å². The lowest BCUT2D eigenvalue weighted by atomic mass is 9.79. The van der Waals surface area contributed by atoms with Crippen molar-refractivity contribution in [3.63, 3.8) is 0 Å². The van der Waals surface area contributed by atoms with Crippen LogP contribution in [-0.4, -0.2) is 31.6 Å². The maximum atomic E-state index is 13.5. The van der Waals surface area contributed by atoms with Crippen LogP contribution in [0.5, 0.6) is 0 Å². The van der Waals surface area contributed by atoms with Gasteiger partial charge in [-0.2, -0.15) is 0 Å². The van der Waals surface area contributed by atoms with Gasteiger partial charge in [0.05, 0.1) is 5.54 Å². The summed E-state index contributed by atoms with van der Waals surface area (Å²) in [5.41, 5.74) is 6.07. The van der Waals surface area contributed by atoms with Crippen LogP contribution in [0.3, 0.4) is 0 Å². The van der Waals surface area contributed by atoms with Gasteiger partial charge in [-0.05, 0) is 37.5 Å². The first-order chi connectivity index (χ1) is 15.1. The van der Waals surface area contributed by atoms with Crippen molar-refractivity contribution in [2.24, 2.45) is 0 Å². The average Bonchev–Trinajstić information content (AvgIpc) is 3.19. The van der Waals surface area contributed by atoms with Gasteiger partial charge >= 0.3 is 0 Å². The van der Waals surface area contributed by atoms with Crippen LogP contribution in [0.25, 0.3) is 11.4 Å². The first kappa shape index (κ1) is 20.4. The second-order valence-corrected chi connectivity index (χ2v) is 9.79. The van der Waals surface area contributed by atoms with Gasteiger partial charge in [0.15, 0.2) is 5.82 Å². The molecular formula is C23H24ClN5OS. The fraction of sp³-hybridized carbons (Fsp3) is 0.348. The number of rotatable bonds is 3. The number of carbonyl (C=O) groups excluding carboxylic acids is 1. The fourth-order valence-electron chi connectivity index (χ4n) is 4.51. The number of hydrogen-bond acceptors (Lipinski definition) is 5. The number of halogens is 1. The Balaban J connectivity index is 1.50. The molecule has 1 aliphatic heterocycles. The van der Waals surface area contributed by atoms with Crippen molar-refractivity contribution in [3.05, 3.63) is 59.1 Å². The van der Waals surface area contributed by atoms with E-state index in [1.54, 1.807) is 6.07 Å². The Hall–Kier alpha value is -2.51. The molecule has 5 rings (SSSR count). The van der Waals surface area contributed by atoms with Crippen molar-refractivity contribution in [1.82, 2.24) is 14.9 Å². The summed E-state index contributed by atoms with van der Waals surface area (Å²) >= 11 is 7.66. The highest BCUT2D eigenvalue weighted by atomic mass is 35.5. The van der Waals surface area contributed by atoms with E-state index >= 15 is 0 Å². The molecule has 2 N–H and O–H groups in total. The predicted molar refractivity (Wildman–Crippen MR) is 125 cm³/mol. The number of aromatic nitrogens is 3. The smallest absolute Gasteiger partial charge is 0.240 e. The van der Waals surface area contributed by atoms with E-state index in [1.807, 2.05) is 54.1 Å². The number of hydrogen-bond donors (Lipinski definition) is 2. The number of nitrogens with zero attached hydrogens (tertiary/aromatic N) is 3. The number of aryl methyl sites for hydroxylation is 1. The minimum absolute atomic E-state index is 0.0275. The maximum absolute atomic E-state index is 13.5. The monoisotopic (exact) mass is 453 g/mol. The molecule has 2 heterocycles. The summed E-state index contributed by atoms with van der Waals surface area (Å²) in [5.74, 6) is 0.748. The van der Waals surface area contributed by atoms with E-state index in [2.05, 4.69) is 20.9 Å². The molecule has 1 aromatic heterocycles. The molecule has 1 spiro atoms. The van der Waals surface area contributed by atoms with Crippen molar-refractivity contribution in [2.45, 2.75) is 55.0 Å². The molecule has 8 heteroatoms. The van der Waals surface area contributed by atoms with Crippen LogP contribution in [0.2, 0.25) is 5.02 Å². The molecule has 1 amide bonds. The second-order valence-electron chi connectivity index (χ2n) is 8.28. The first-order valence-electron chi connectivity index (χ1n) is 10.6. The van der Waals surface area contributed by atoms with Crippen molar-refractivity contribution in [3.8, 4) is 11.4 Å². The summed E-state index contributed by atoms with van der Waals surface area (Å²) in [6, 6.07) is 15.6.